The van der Waals surface area contributed by atoms with Crippen molar-refractivity contribution < 1.29 is 18.3 Å². The van der Waals surface area contributed by atoms with Crippen LogP contribution < -0.4 is 5.32 Å². The first kappa shape index (κ1) is 17.8. The number of aliphatic hydroxyl groups is 1. The predicted octanol–water partition coefficient (Wildman–Crippen LogP) is 0.0335. The Bertz CT molecular complexity index is 365. The molecule has 1 heterocycles. The van der Waals surface area contributed by atoms with Gasteiger partial charge in [0.15, 0.2) is 0 Å². The largest absolute Gasteiger partial charge is 0.389 e. The van der Waals surface area contributed by atoms with E-state index in [4.69, 9.17) is 4.74 Å². The minimum Gasteiger partial charge on any atom is -0.389 e. The molecule has 1 fully saturated rings. The summed E-state index contributed by atoms with van der Waals surface area (Å²) in [6.45, 7) is 6.73. The van der Waals surface area contributed by atoms with E-state index in [1.165, 1.54) is 10.6 Å². The van der Waals surface area contributed by atoms with E-state index in [-0.39, 0.29) is 6.04 Å². The Balaban J connectivity index is 2.15. The van der Waals surface area contributed by atoms with Gasteiger partial charge in [0.25, 0.3) is 0 Å². The summed E-state index contributed by atoms with van der Waals surface area (Å²) in [5.41, 5.74) is 0. The summed E-state index contributed by atoms with van der Waals surface area (Å²) >= 11 is 0. The van der Waals surface area contributed by atoms with Crippen molar-refractivity contribution >= 4 is 10.0 Å². The summed E-state index contributed by atoms with van der Waals surface area (Å²) in [7, 11) is -3.06. The first-order valence-corrected chi connectivity index (χ1v) is 9.08. The fourth-order valence-corrected chi connectivity index (χ4v) is 3.07. The van der Waals surface area contributed by atoms with Gasteiger partial charge in [0.05, 0.1) is 19.0 Å². The molecule has 1 rings (SSSR count). The maximum atomic E-state index is 11.4. The van der Waals surface area contributed by atoms with Crippen molar-refractivity contribution in [3.05, 3.63) is 0 Å². The molecule has 0 aromatic heterocycles. The van der Waals surface area contributed by atoms with Gasteiger partial charge in [-0.1, -0.05) is 13.8 Å². The van der Waals surface area contributed by atoms with Gasteiger partial charge in [-0.3, -0.25) is 0 Å². The molecule has 0 bridgehead atoms. The number of piperidine rings is 1. The van der Waals surface area contributed by atoms with Crippen LogP contribution in [0, 0.1) is 5.92 Å². The molecular weight excluding hydrogens is 280 g/mol. The molecule has 1 saturated heterocycles. The van der Waals surface area contributed by atoms with Crippen LogP contribution in [0.25, 0.3) is 0 Å². The van der Waals surface area contributed by atoms with E-state index in [9.17, 15) is 13.5 Å². The predicted molar refractivity (Wildman–Crippen MR) is 79.1 cm³/mol. The molecule has 2 N–H and O–H groups in total. The Kier molecular flexibility index (Phi) is 7.39. The molecule has 0 amide bonds. The molecule has 0 radical (unpaired) electrons. The number of rotatable bonds is 8. The lowest BCUT2D eigenvalue weighted by molar-refractivity contribution is 0.0242. The van der Waals surface area contributed by atoms with E-state index < -0.39 is 16.1 Å². The SMILES string of the molecule is CC(C)COCC(O)CNC1CCN(S(C)(=O)=O)CC1. The Labute approximate surface area is 122 Å². The van der Waals surface area contributed by atoms with E-state index in [1.807, 2.05) is 0 Å². The quantitative estimate of drug-likeness (QED) is 0.661. The molecule has 1 atom stereocenters. The van der Waals surface area contributed by atoms with Crippen molar-refractivity contribution in [2.45, 2.75) is 38.8 Å². The molecule has 7 heteroatoms. The zero-order chi connectivity index (χ0) is 15.2. The van der Waals surface area contributed by atoms with Crippen LogP contribution in [0.4, 0.5) is 0 Å². The third-order valence-corrected chi connectivity index (χ3v) is 4.63. The van der Waals surface area contributed by atoms with Crippen molar-refractivity contribution in [2.75, 3.05) is 39.1 Å². The minimum absolute atomic E-state index is 0.271. The smallest absolute Gasteiger partial charge is 0.211 e. The van der Waals surface area contributed by atoms with Crippen molar-refractivity contribution in [1.29, 1.82) is 0 Å². The van der Waals surface area contributed by atoms with Crippen molar-refractivity contribution in [3.63, 3.8) is 0 Å². The molecule has 0 aromatic rings. The number of sulfonamides is 1. The lowest BCUT2D eigenvalue weighted by atomic mass is 10.1. The molecule has 0 saturated carbocycles. The molecule has 120 valence electrons. The first-order valence-electron chi connectivity index (χ1n) is 7.23. The van der Waals surface area contributed by atoms with Crippen LogP contribution in [0.3, 0.4) is 0 Å². The van der Waals surface area contributed by atoms with Gasteiger partial charge in [-0.15, -0.1) is 0 Å². The number of ether oxygens (including phenoxy) is 1. The average Bonchev–Trinajstić information content (AvgIpc) is 2.35. The number of nitrogens with one attached hydrogen (secondary N) is 1. The van der Waals surface area contributed by atoms with Gasteiger partial charge in [-0.25, -0.2) is 12.7 Å². The summed E-state index contributed by atoms with van der Waals surface area (Å²) < 4.78 is 29.7. The summed E-state index contributed by atoms with van der Waals surface area (Å²) in [5.74, 6) is 0.468. The van der Waals surface area contributed by atoms with Gasteiger partial charge in [0, 0.05) is 32.3 Å². The summed E-state index contributed by atoms with van der Waals surface area (Å²) in [6.07, 6.45) is 2.30. The van der Waals surface area contributed by atoms with Gasteiger partial charge in [-0.2, -0.15) is 0 Å². The standard InChI is InChI=1S/C13H28N2O4S/c1-11(2)9-19-10-13(16)8-14-12-4-6-15(7-5-12)20(3,17)18/h11-14,16H,4-10H2,1-3H3. The lowest BCUT2D eigenvalue weighted by Gasteiger charge is -2.31. The second-order valence-corrected chi connectivity index (χ2v) is 7.91. The molecule has 0 aromatic carbocycles. The molecule has 0 aliphatic carbocycles. The van der Waals surface area contributed by atoms with Crippen LogP contribution in [0.5, 0.6) is 0 Å². The van der Waals surface area contributed by atoms with E-state index in [0.717, 1.165) is 12.8 Å². The Hall–Kier alpha value is -0.210. The van der Waals surface area contributed by atoms with Gasteiger partial charge < -0.3 is 15.2 Å². The number of hydrogen-bond donors (Lipinski definition) is 2. The van der Waals surface area contributed by atoms with E-state index in [1.54, 1.807) is 0 Å². The zero-order valence-electron chi connectivity index (χ0n) is 12.7. The second kappa shape index (κ2) is 8.29. The summed E-state index contributed by atoms with van der Waals surface area (Å²) in [6, 6.07) is 0.271. The van der Waals surface area contributed by atoms with Gasteiger partial charge in [0.1, 0.15) is 0 Å². The molecule has 20 heavy (non-hydrogen) atoms. The lowest BCUT2D eigenvalue weighted by Crippen LogP contribution is -2.46. The number of aliphatic hydroxyl groups excluding tert-OH is 1. The number of hydrogen-bond acceptors (Lipinski definition) is 5. The molecule has 6 nitrogen and oxygen atoms in total. The maximum absolute atomic E-state index is 11.4. The fraction of sp³-hybridized carbons (Fsp3) is 1.00. The minimum atomic E-state index is -3.06. The van der Waals surface area contributed by atoms with Crippen molar-refractivity contribution in [3.8, 4) is 0 Å². The molecule has 1 aliphatic rings. The highest BCUT2D eigenvalue weighted by Crippen LogP contribution is 2.13. The van der Waals surface area contributed by atoms with Crippen LogP contribution in [-0.4, -0.2) is 69.1 Å². The van der Waals surface area contributed by atoms with E-state index in [2.05, 4.69) is 19.2 Å². The van der Waals surface area contributed by atoms with Crippen LogP contribution in [0.2, 0.25) is 0 Å². The third-order valence-electron chi connectivity index (χ3n) is 3.33. The van der Waals surface area contributed by atoms with E-state index >= 15 is 0 Å². The van der Waals surface area contributed by atoms with Crippen molar-refractivity contribution in [2.24, 2.45) is 5.92 Å². The van der Waals surface area contributed by atoms with Crippen LogP contribution in [0.1, 0.15) is 26.7 Å². The third kappa shape index (κ3) is 6.99. The number of nitrogens with zero attached hydrogens (tertiary/aromatic N) is 1. The Morgan fingerprint density at radius 2 is 1.90 bits per heavy atom. The van der Waals surface area contributed by atoms with Crippen LogP contribution >= 0.6 is 0 Å². The monoisotopic (exact) mass is 308 g/mol. The molecule has 1 aliphatic heterocycles. The first-order chi connectivity index (χ1) is 9.29. The average molecular weight is 308 g/mol. The van der Waals surface area contributed by atoms with Crippen LogP contribution in [-0.2, 0) is 14.8 Å². The summed E-state index contributed by atoms with van der Waals surface area (Å²) in [4.78, 5) is 0. The Morgan fingerprint density at radius 1 is 1.30 bits per heavy atom. The topological polar surface area (TPSA) is 78.9 Å². The van der Waals surface area contributed by atoms with Gasteiger partial charge >= 0.3 is 0 Å². The van der Waals surface area contributed by atoms with Gasteiger partial charge in [0.2, 0.25) is 10.0 Å². The molecule has 1 unspecified atom stereocenters. The second-order valence-electron chi connectivity index (χ2n) is 5.93. The fourth-order valence-electron chi connectivity index (χ4n) is 2.19. The molecular formula is C13H28N2O4S. The highest BCUT2D eigenvalue weighted by Gasteiger charge is 2.24. The normalized spacial score (nSPS) is 20.4. The maximum Gasteiger partial charge on any atom is 0.211 e. The molecule has 0 spiro atoms. The van der Waals surface area contributed by atoms with Gasteiger partial charge in [-0.05, 0) is 18.8 Å². The van der Waals surface area contributed by atoms with E-state index in [0.29, 0.717) is 38.8 Å². The summed E-state index contributed by atoms with van der Waals surface area (Å²) in [5, 5.41) is 13.1. The van der Waals surface area contributed by atoms with Crippen LogP contribution in [0.15, 0.2) is 0 Å². The zero-order valence-corrected chi connectivity index (χ0v) is 13.5. The highest BCUT2D eigenvalue weighted by atomic mass is 32.2. The highest BCUT2D eigenvalue weighted by molar-refractivity contribution is 7.88. The van der Waals surface area contributed by atoms with Crippen molar-refractivity contribution in [1.82, 2.24) is 9.62 Å². The Morgan fingerprint density at radius 3 is 2.40 bits per heavy atom.